The minimum atomic E-state index is -0.958. The van der Waals surface area contributed by atoms with E-state index in [1.54, 1.807) is 44.6 Å². The van der Waals surface area contributed by atoms with Crippen LogP contribution in [0.2, 0.25) is 0 Å². The molecule has 1 aromatic heterocycles. The van der Waals surface area contributed by atoms with Gasteiger partial charge in [-0.05, 0) is 17.7 Å². The second-order valence-electron chi connectivity index (χ2n) is 4.93. The number of rotatable bonds is 5. The number of benzene rings is 2. The lowest BCUT2D eigenvalue weighted by Crippen LogP contribution is -2.05. The predicted molar refractivity (Wildman–Crippen MR) is 83.1 cm³/mol. The first-order valence-corrected chi connectivity index (χ1v) is 6.90. The summed E-state index contributed by atoms with van der Waals surface area (Å²) in [7, 11) is 3.12. The van der Waals surface area contributed by atoms with E-state index in [1.807, 2.05) is 6.07 Å². The van der Waals surface area contributed by atoms with Crippen molar-refractivity contribution in [2.24, 2.45) is 0 Å². The topological polar surface area (TPSA) is 86.5 Å². The summed E-state index contributed by atoms with van der Waals surface area (Å²) in [5, 5.41) is 17.8. The number of hydrogen-bond donors (Lipinski definition) is 1. The average Bonchev–Trinajstić information content (AvgIpc) is 2.94. The molecule has 0 bridgehead atoms. The molecule has 1 heterocycles. The molecule has 0 aliphatic carbocycles. The Hall–Kier alpha value is -3.09. The lowest BCUT2D eigenvalue weighted by atomic mass is 10.1. The molecule has 0 radical (unpaired) electrons. The van der Waals surface area contributed by atoms with Crippen LogP contribution in [-0.4, -0.2) is 40.3 Å². The zero-order valence-corrected chi connectivity index (χ0v) is 12.7. The Morgan fingerprint density at radius 1 is 1.09 bits per heavy atom. The SMILES string of the molecule is COc1cc2nn(Cc3cccc(C(=O)O)c3)nc2cc1OC. The molecule has 0 amide bonds. The molecule has 0 saturated carbocycles. The van der Waals surface area contributed by atoms with Crippen LogP contribution in [0.25, 0.3) is 11.0 Å². The lowest BCUT2D eigenvalue weighted by molar-refractivity contribution is 0.0696. The molecule has 0 spiro atoms. The Kier molecular flexibility index (Phi) is 3.84. The van der Waals surface area contributed by atoms with Crippen molar-refractivity contribution in [3.8, 4) is 11.5 Å². The standard InChI is InChI=1S/C16H15N3O4/c1-22-14-7-12-13(8-15(14)23-2)18-19(17-12)9-10-4-3-5-11(6-10)16(20)21/h3-8H,9H2,1-2H3,(H,20,21). The summed E-state index contributed by atoms with van der Waals surface area (Å²) in [4.78, 5) is 12.5. The molecule has 0 unspecified atom stereocenters. The molecule has 0 saturated heterocycles. The lowest BCUT2D eigenvalue weighted by Gasteiger charge is -2.05. The number of nitrogens with zero attached hydrogens (tertiary/aromatic N) is 3. The third-order valence-corrected chi connectivity index (χ3v) is 3.42. The highest BCUT2D eigenvalue weighted by Gasteiger charge is 2.11. The average molecular weight is 313 g/mol. The Morgan fingerprint density at radius 3 is 2.22 bits per heavy atom. The highest BCUT2D eigenvalue weighted by molar-refractivity contribution is 5.87. The molecule has 7 nitrogen and oxygen atoms in total. The number of fused-ring (bicyclic) bond motifs is 1. The van der Waals surface area contributed by atoms with Gasteiger partial charge in [-0.3, -0.25) is 0 Å². The first kappa shape index (κ1) is 14.8. The maximum atomic E-state index is 11.0. The van der Waals surface area contributed by atoms with Gasteiger partial charge in [-0.2, -0.15) is 15.0 Å². The summed E-state index contributed by atoms with van der Waals surface area (Å²) in [6.45, 7) is 0.375. The first-order valence-electron chi connectivity index (χ1n) is 6.90. The third-order valence-electron chi connectivity index (χ3n) is 3.42. The Labute approximate surface area is 132 Å². The molecular formula is C16H15N3O4. The molecule has 3 aromatic rings. The van der Waals surface area contributed by atoms with Gasteiger partial charge in [0.15, 0.2) is 11.5 Å². The highest BCUT2D eigenvalue weighted by atomic mass is 16.5. The summed E-state index contributed by atoms with van der Waals surface area (Å²) in [5.74, 6) is 0.208. The van der Waals surface area contributed by atoms with Crippen LogP contribution in [0, 0.1) is 0 Å². The maximum absolute atomic E-state index is 11.0. The van der Waals surface area contributed by atoms with Crippen LogP contribution in [-0.2, 0) is 6.54 Å². The second kappa shape index (κ2) is 5.96. The largest absolute Gasteiger partial charge is 0.493 e. The van der Waals surface area contributed by atoms with Gasteiger partial charge in [0.1, 0.15) is 11.0 Å². The van der Waals surface area contributed by atoms with Crippen LogP contribution in [0.15, 0.2) is 36.4 Å². The summed E-state index contributed by atoms with van der Waals surface area (Å²) in [6.07, 6.45) is 0. The molecular weight excluding hydrogens is 298 g/mol. The summed E-state index contributed by atoms with van der Waals surface area (Å²) in [6, 6.07) is 10.2. The summed E-state index contributed by atoms with van der Waals surface area (Å²) in [5.41, 5.74) is 2.40. The van der Waals surface area contributed by atoms with Crippen molar-refractivity contribution in [1.82, 2.24) is 15.0 Å². The quantitative estimate of drug-likeness (QED) is 0.777. The smallest absolute Gasteiger partial charge is 0.335 e. The number of aromatic carboxylic acids is 1. The van der Waals surface area contributed by atoms with Crippen LogP contribution in [0.4, 0.5) is 0 Å². The summed E-state index contributed by atoms with van der Waals surface area (Å²) < 4.78 is 10.5. The van der Waals surface area contributed by atoms with E-state index in [4.69, 9.17) is 14.6 Å². The van der Waals surface area contributed by atoms with E-state index in [2.05, 4.69) is 10.2 Å². The van der Waals surface area contributed by atoms with Crippen LogP contribution in [0.5, 0.6) is 11.5 Å². The third kappa shape index (κ3) is 2.94. The number of aromatic nitrogens is 3. The molecule has 7 heteroatoms. The molecule has 118 valence electrons. The minimum Gasteiger partial charge on any atom is -0.493 e. The molecule has 3 rings (SSSR count). The van der Waals surface area contributed by atoms with Crippen molar-refractivity contribution in [1.29, 1.82) is 0 Å². The Balaban J connectivity index is 1.94. The van der Waals surface area contributed by atoms with Gasteiger partial charge >= 0.3 is 5.97 Å². The molecule has 23 heavy (non-hydrogen) atoms. The van der Waals surface area contributed by atoms with E-state index >= 15 is 0 Å². The number of carbonyl (C=O) groups is 1. The minimum absolute atomic E-state index is 0.238. The van der Waals surface area contributed by atoms with E-state index in [9.17, 15) is 4.79 Å². The van der Waals surface area contributed by atoms with Gasteiger partial charge in [-0.25, -0.2) is 4.79 Å². The first-order chi connectivity index (χ1) is 11.1. The van der Waals surface area contributed by atoms with Gasteiger partial charge in [-0.1, -0.05) is 12.1 Å². The number of ether oxygens (including phenoxy) is 2. The van der Waals surface area contributed by atoms with Crippen molar-refractivity contribution in [3.05, 3.63) is 47.5 Å². The molecule has 1 N–H and O–H groups in total. The van der Waals surface area contributed by atoms with Crippen LogP contribution < -0.4 is 9.47 Å². The van der Waals surface area contributed by atoms with Gasteiger partial charge in [0.05, 0.1) is 26.3 Å². The fourth-order valence-corrected chi connectivity index (χ4v) is 2.33. The van der Waals surface area contributed by atoms with Crippen molar-refractivity contribution >= 4 is 17.0 Å². The van der Waals surface area contributed by atoms with E-state index in [1.165, 1.54) is 4.80 Å². The van der Waals surface area contributed by atoms with Gasteiger partial charge in [0.2, 0.25) is 0 Å². The van der Waals surface area contributed by atoms with E-state index in [0.717, 1.165) is 5.56 Å². The monoisotopic (exact) mass is 313 g/mol. The molecule has 0 atom stereocenters. The summed E-state index contributed by atoms with van der Waals surface area (Å²) >= 11 is 0. The van der Waals surface area contributed by atoms with Gasteiger partial charge < -0.3 is 14.6 Å². The van der Waals surface area contributed by atoms with Crippen molar-refractivity contribution < 1.29 is 19.4 Å². The van der Waals surface area contributed by atoms with E-state index in [0.29, 0.717) is 29.1 Å². The molecule has 0 fully saturated rings. The fraction of sp³-hybridized carbons (Fsp3) is 0.188. The fourth-order valence-electron chi connectivity index (χ4n) is 2.33. The Bertz CT molecular complexity index is 832. The number of hydrogen-bond acceptors (Lipinski definition) is 5. The number of carboxylic acids is 1. The van der Waals surface area contributed by atoms with Crippen molar-refractivity contribution in [2.45, 2.75) is 6.54 Å². The van der Waals surface area contributed by atoms with E-state index in [-0.39, 0.29) is 5.56 Å². The van der Waals surface area contributed by atoms with E-state index < -0.39 is 5.97 Å². The normalized spacial score (nSPS) is 10.7. The molecule has 0 aliphatic rings. The highest BCUT2D eigenvalue weighted by Crippen LogP contribution is 2.30. The second-order valence-corrected chi connectivity index (χ2v) is 4.93. The zero-order valence-electron chi connectivity index (χ0n) is 12.7. The maximum Gasteiger partial charge on any atom is 0.335 e. The molecule has 2 aromatic carbocycles. The Morgan fingerprint density at radius 2 is 1.70 bits per heavy atom. The van der Waals surface area contributed by atoms with Gasteiger partial charge in [-0.15, -0.1) is 0 Å². The van der Waals surface area contributed by atoms with Crippen LogP contribution in [0.1, 0.15) is 15.9 Å². The molecule has 0 aliphatic heterocycles. The van der Waals surface area contributed by atoms with Crippen LogP contribution >= 0.6 is 0 Å². The number of methoxy groups -OCH3 is 2. The van der Waals surface area contributed by atoms with Gasteiger partial charge in [0.25, 0.3) is 0 Å². The van der Waals surface area contributed by atoms with Crippen molar-refractivity contribution in [2.75, 3.05) is 14.2 Å². The van der Waals surface area contributed by atoms with Gasteiger partial charge in [0, 0.05) is 12.1 Å². The number of carboxylic acid groups (broad SMARTS) is 1. The zero-order chi connectivity index (χ0) is 16.4. The van der Waals surface area contributed by atoms with Crippen molar-refractivity contribution in [3.63, 3.8) is 0 Å². The predicted octanol–water partition coefficient (Wildman–Crippen LogP) is 2.20. The van der Waals surface area contributed by atoms with Crippen LogP contribution in [0.3, 0.4) is 0 Å².